The largest absolute Gasteiger partial charge is 0.463 e. The topological polar surface area (TPSA) is 69.2 Å². The Morgan fingerprint density at radius 2 is 2.42 bits per heavy atom. The number of hydrogen-bond acceptors (Lipinski definition) is 5. The van der Waals surface area contributed by atoms with Crippen LogP contribution in [-0.2, 0) is 22.4 Å². The first-order valence-corrected chi connectivity index (χ1v) is 6.38. The lowest BCUT2D eigenvalue weighted by molar-refractivity contribution is 0.215. The molecule has 2 N–H and O–H groups in total. The lowest BCUT2D eigenvalue weighted by atomic mass is 9.77. The highest BCUT2D eigenvalue weighted by Crippen LogP contribution is 2.35. The van der Waals surface area contributed by atoms with Crippen LogP contribution in [0.25, 0.3) is 0 Å². The summed E-state index contributed by atoms with van der Waals surface area (Å²) < 4.78 is 5.34. The van der Waals surface area contributed by atoms with E-state index >= 15 is 0 Å². The van der Waals surface area contributed by atoms with Gasteiger partial charge in [-0.15, -0.1) is 0 Å². The van der Waals surface area contributed by atoms with E-state index in [0.29, 0.717) is 12.6 Å². The average molecular weight is 259 g/mol. The van der Waals surface area contributed by atoms with E-state index in [1.807, 2.05) is 6.07 Å². The highest BCUT2D eigenvalue weighted by Gasteiger charge is 2.39. The number of fused-ring (bicyclic) bond motifs is 1. The third-order valence-electron chi connectivity index (χ3n) is 3.80. The molecule has 5 nitrogen and oxygen atoms in total. The van der Waals surface area contributed by atoms with Crippen molar-refractivity contribution in [3.05, 3.63) is 34.9 Å². The van der Waals surface area contributed by atoms with Crippen molar-refractivity contribution in [1.82, 2.24) is 0 Å². The van der Waals surface area contributed by atoms with Crippen LogP contribution in [0.2, 0.25) is 0 Å². The normalized spacial score (nSPS) is 25.2. The van der Waals surface area contributed by atoms with Crippen molar-refractivity contribution in [3.63, 3.8) is 0 Å². The summed E-state index contributed by atoms with van der Waals surface area (Å²) in [5, 5.41) is 3.85. The minimum atomic E-state index is -0.159. The van der Waals surface area contributed by atoms with E-state index in [2.05, 4.69) is 22.3 Å². The summed E-state index contributed by atoms with van der Waals surface area (Å²) in [6.45, 7) is 0.592. The Hall–Kier alpha value is -2.04. The van der Waals surface area contributed by atoms with E-state index in [0.717, 1.165) is 24.8 Å². The van der Waals surface area contributed by atoms with Crippen LogP contribution in [0.1, 0.15) is 23.1 Å². The van der Waals surface area contributed by atoms with Crippen LogP contribution in [0.3, 0.4) is 0 Å². The predicted molar refractivity (Wildman–Crippen MR) is 73.4 cm³/mol. The van der Waals surface area contributed by atoms with Gasteiger partial charge in [-0.3, -0.25) is 0 Å². The monoisotopic (exact) mass is 259 g/mol. The molecule has 3 rings (SSSR count). The molecule has 0 aromatic heterocycles. The molecule has 0 saturated carbocycles. The fourth-order valence-electron chi connectivity index (χ4n) is 2.88. The maximum Gasteiger partial charge on any atom is 0.282 e. The zero-order valence-electron chi connectivity index (χ0n) is 10.9. The molecule has 0 amide bonds. The van der Waals surface area contributed by atoms with Gasteiger partial charge in [-0.2, -0.15) is 0 Å². The zero-order valence-corrected chi connectivity index (χ0v) is 10.9. The van der Waals surface area contributed by atoms with Crippen molar-refractivity contribution < 1.29 is 9.57 Å². The number of nitrogens with zero attached hydrogens (tertiary/aromatic N) is 2. The van der Waals surface area contributed by atoms with Gasteiger partial charge in [-0.1, -0.05) is 23.4 Å². The van der Waals surface area contributed by atoms with Gasteiger partial charge >= 0.3 is 0 Å². The minimum absolute atomic E-state index is 0.159. The fraction of sp³-hybridized carbons (Fsp3) is 0.429. The fourth-order valence-corrected chi connectivity index (χ4v) is 2.88. The number of ether oxygens (including phenoxy) is 1. The molecule has 19 heavy (non-hydrogen) atoms. The molecule has 1 spiro atoms. The molecule has 1 aromatic rings. The first-order chi connectivity index (χ1) is 9.22. The van der Waals surface area contributed by atoms with Crippen molar-refractivity contribution in [2.75, 3.05) is 13.7 Å². The molecule has 100 valence electrons. The predicted octanol–water partition coefficient (Wildman–Crippen LogP) is 1.24. The number of oxime groups is 1. The first kappa shape index (κ1) is 12.0. The molecule has 1 heterocycles. The first-order valence-electron chi connectivity index (χ1n) is 6.38. The third kappa shape index (κ3) is 2.16. The molecule has 1 aliphatic carbocycles. The SMILES string of the molecule is CON=Cc1cccc2c1CCC1(COC(N)=N1)C2. The third-order valence-corrected chi connectivity index (χ3v) is 3.80. The van der Waals surface area contributed by atoms with Crippen molar-refractivity contribution in [2.45, 2.75) is 24.8 Å². The van der Waals surface area contributed by atoms with E-state index in [4.69, 9.17) is 15.3 Å². The van der Waals surface area contributed by atoms with E-state index < -0.39 is 0 Å². The maximum atomic E-state index is 5.65. The van der Waals surface area contributed by atoms with Gasteiger partial charge in [0.25, 0.3) is 6.02 Å². The Labute approximate surface area is 112 Å². The summed E-state index contributed by atoms with van der Waals surface area (Å²) >= 11 is 0. The number of aliphatic imine (C=N–C) groups is 1. The van der Waals surface area contributed by atoms with Gasteiger partial charge in [0.15, 0.2) is 0 Å². The summed E-state index contributed by atoms with van der Waals surface area (Å²) in [5.41, 5.74) is 9.23. The number of benzene rings is 1. The van der Waals surface area contributed by atoms with E-state index in [-0.39, 0.29) is 5.54 Å². The quantitative estimate of drug-likeness (QED) is 0.641. The molecule has 5 heteroatoms. The van der Waals surface area contributed by atoms with Crippen LogP contribution in [0.5, 0.6) is 0 Å². The Bertz CT molecular complexity index is 554. The Balaban J connectivity index is 1.92. The molecule has 0 saturated heterocycles. The van der Waals surface area contributed by atoms with Crippen LogP contribution in [0.15, 0.2) is 28.3 Å². The van der Waals surface area contributed by atoms with Crippen LogP contribution < -0.4 is 5.73 Å². The maximum absolute atomic E-state index is 5.65. The molecule has 1 aromatic carbocycles. The summed E-state index contributed by atoms with van der Waals surface area (Å²) in [4.78, 5) is 9.24. The summed E-state index contributed by atoms with van der Waals surface area (Å²) in [6, 6.07) is 6.56. The van der Waals surface area contributed by atoms with Crippen molar-refractivity contribution >= 4 is 12.2 Å². The van der Waals surface area contributed by atoms with Gasteiger partial charge in [-0.25, -0.2) is 4.99 Å². The second kappa shape index (κ2) is 4.57. The second-order valence-corrected chi connectivity index (χ2v) is 5.04. The van der Waals surface area contributed by atoms with Gasteiger partial charge in [0.05, 0.1) is 6.21 Å². The Morgan fingerprint density at radius 1 is 1.53 bits per heavy atom. The number of nitrogens with two attached hydrogens (primary N) is 1. The smallest absolute Gasteiger partial charge is 0.282 e. The van der Waals surface area contributed by atoms with E-state index in [1.165, 1.54) is 11.1 Å². The molecule has 2 aliphatic rings. The van der Waals surface area contributed by atoms with Crippen LogP contribution in [0.4, 0.5) is 0 Å². The number of rotatable bonds is 2. The van der Waals surface area contributed by atoms with Gasteiger partial charge in [0, 0.05) is 6.42 Å². The second-order valence-electron chi connectivity index (χ2n) is 5.04. The highest BCUT2D eigenvalue weighted by molar-refractivity contribution is 5.82. The summed E-state index contributed by atoms with van der Waals surface area (Å²) in [5.74, 6) is 0. The average Bonchev–Trinajstić information content (AvgIpc) is 2.77. The van der Waals surface area contributed by atoms with Gasteiger partial charge < -0.3 is 15.3 Å². The molecule has 1 unspecified atom stereocenters. The molecular weight excluding hydrogens is 242 g/mol. The standard InChI is InChI=1S/C14H17N3O2/c1-18-16-8-11-4-2-3-10-7-14(6-5-12(10)11)9-19-13(15)17-14/h2-4,8H,5-7,9H2,1H3,(H2,15,17). The van der Waals surface area contributed by atoms with E-state index in [1.54, 1.807) is 13.3 Å². The van der Waals surface area contributed by atoms with Crippen molar-refractivity contribution in [1.29, 1.82) is 0 Å². The van der Waals surface area contributed by atoms with Crippen molar-refractivity contribution in [2.24, 2.45) is 15.9 Å². The number of amidine groups is 1. The minimum Gasteiger partial charge on any atom is -0.463 e. The highest BCUT2D eigenvalue weighted by atomic mass is 16.6. The zero-order chi connectivity index (χ0) is 13.3. The lowest BCUT2D eigenvalue weighted by Gasteiger charge is -2.31. The van der Waals surface area contributed by atoms with Crippen LogP contribution >= 0.6 is 0 Å². The summed E-state index contributed by atoms with van der Waals surface area (Å²) in [7, 11) is 1.55. The number of hydrogen-bond donors (Lipinski definition) is 1. The van der Waals surface area contributed by atoms with Gasteiger partial charge in [-0.05, 0) is 29.5 Å². The van der Waals surface area contributed by atoms with Crippen LogP contribution in [0, 0.1) is 0 Å². The Morgan fingerprint density at radius 3 is 3.16 bits per heavy atom. The van der Waals surface area contributed by atoms with Gasteiger partial charge in [0.2, 0.25) is 0 Å². The molecule has 0 fully saturated rings. The molecule has 0 radical (unpaired) electrons. The molecular formula is C14H17N3O2. The van der Waals surface area contributed by atoms with Gasteiger partial charge in [0.1, 0.15) is 19.3 Å². The Kier molecular flexibility index (Phi) is 2.89. The lowest BCUT2D eigenvalue weighted by Crippen LogP contribution is -2.35. The molecule has 1 atom stereocenters. The summed E-state index contributed by atoms with van der Waals surface area (Å²) in [6.07, 6.45) is 4.55. The van der Waals surface area contributed by atoms with E-state index in [9.17, 15) is 0 Å². The molecule has 1 aliphatic heterocycles. The van der Waals surface area contributed by atoms with Crippen molar-refractivity contribution in [3.8, 4) is 0 Å². The van der Waals surface area contributed by atoms with Crippen LogP contribution in [-0.4, -0.2) is 31.5 Å². The molecule has 0 bridgehead atoms.